The Hall–Kier alpha value is -4.17. The molecule has 0 aliphatic heterocycles. The molecule has 0 radical (unpaired) electrons. The third-order valence-electron chi connectivity index (χ3n) is 4.86. The molecule has 0 bridgehead atoms. The zero-order valence-corrected chi connectivity index (χ0v) is 19.3. The number of aldehydes is 3. The molecule has 0 amide bonds. The Morgan fingerprint density at radius 2 is 1.11 bits per heavy atom. The zero-order chi connectivity index (χ0) is 24.9. The second-order valence-corrected chi connectivity index (χ2v) is 7.32. The molecule has 0 fully saturated rings. The molecule has 3 rings (SSSR count). The lowest BCUT2D eigenvalue weighted by Crippen LogP contribution is -2.11. The molecule has 35 heavy (non-hydrogen) atoms. The molecule has 8 nitrogen and oxygen atoms in total. The van der Waals surface area contributed by atoms with Gasteiger partial charge in [0.25, 0.3) is 0 Å². The lowest BCUT2D eigenvalue weighted by Gasteiger charge is -2.12. The van der Waals surface area contributed by atoms with Crippen molar-refractivity contribution in [2.45, 2.75) is 6.61 Å². The predicted octanol–water partition coefficient (Wildman–Crippen LogP) is 4.19. The van der Waals surface area contributed by atoms with Gasteiger partial charge in [-0.15, -0.1) is 0 Å². The van der Waals surface area contributed by atoms with Gasteiger partial charge in [-0.3, -0.25) is 14.4 Å². The van der Waals surface area contributed by atoms with Gasteiger partial charge in [0.15, 0.2) is 12.6 Å². The molecule has 0 unspecified atom stereocenters. The molecule has 182 valence electrons. The van der Waals surface area contributed by atoms with Gasteiger partial charge in [0, 0.05) is 12.7 Å². The molecule has 0 aliphatic carbocycles. The average Bonchev–Trinajstić information content (AvgIpc) is 2.90. The molecule has 3 aromatic carbocycles. The molecule has 8 heteroatoms. The molecule has 0 atom stereocenters. The molecule has 0 saturated heterocycles. The quantitative estimate of drug-likeness (QED) is 0.237. The monoisotopic (exact) mass is 478 g/mol. The van der Waals surface area contributed by atoms with Gasteiger partial charge in [0.05, 0.1) is 17.7 Å². The van der Waals surface area contributed by atoms with Crippen LogP contribution < -0.4 is 18.9 Å². The van der Waals surface area contributed by atoms with E-state index in [2.05, 4.69) is 0 Å². The van der Waals surface area contributed by atoms with Crippen LogP contribution in [0.1, 0.15) is 36.6 Å². The Balaban J connectivity index is 1.41. The lowest BCUT2D eigenvalue weighted by molar-refractivity contribution is 0.110. The van der Waals surface area contributed by atoms with Gasteiger partial charge < -0.3 is 23.7 Å². The third-order valence-corrected chi connectivity index (χ3v) is 4.86. The topological polar surface area (TPSA) is 97.4 Å². The highest BCUT2D eigenvalue weighted by atomic mass is 16.5. The summed E-state index contributed by atoms with van der Waals surface area (Å²) < 4.78 is 27.7. The smallest absolute Gasteiger partial charge is 0.153 e. The first kappa shape index (κ1) is 25.5. The van der Waals surface area contributed by atoms with Gasteiger partial charge in [-0.05, 0) is 54.1 Å². The minimum Gasteiger partial charge on any atom is -0.490 e. The van der Waals surface area contributed by atoms with Crippen LogP contribution in [-0.2, 0) is 11.3 Å². The summed E-state index contributed by atoms with van der Waals surface area (Å²) in [5.41, 5.74) is 2.17. The minimum absolute atomic E-state index is 0.201. The van der Waals surface area contributed by atoms with E-state index >= 15 is 0 Å². The lowest BCUT2D eigenvalue weighted by atomic mass is 10.1. The maximum Gasteiger partial charge on any atom is 0.153 e. The standard InChI is InChI=1S/C27H26O8/c1-31-19-21-3-5-23(18-30)27(15-21)35-13-11-33-25-8-6-24(7-9-25)32-10-12-34-26-14-20(16-28)2-4-22(26)17-29/h2-9,14-18H,10-13,19H2,1H3. The van der Waals surface area contributed by atoms with E-state index in [0.29, 0.717) is 65.5 Å². The van der Waals surface area contributed by atoms with Gasteiger partial charge in [-0.1, -0.05) is 12.1 Å². The Kier molecular flexibility index (Phi) is 9.83. The molecule has 0 aliphatic rings. The number of ether oxygens (including phenoxy) is 5. The van der Waals surface area contributed by atoms with Crippen LogP contribution in [0.4, 0.5) is 0 Å². The first-order chi connectivity index (χ1) is 17.2. The first-order valence-electron chi connectivity index (χ1n) is 10.9. The maximum absolute atomic E-state index is 11.2. The number of benzene rings is 3. The van der Waals surface area contributed by atoms with Gasteiger partial charge in [-0.25, -0.2) is 0 Å². The SMILES string of the molecule is COCc1ccc(C=O)c(OCCOc2ccc(OCCOc3cc(C=O)ccc3C=O)cc2)c1. The minimum atomic E-state index is 0.201. The molecule has 0 spiro atoms. The zero-order valence-electron chi connectivity index (χ0n) is 19.3. The van der Waals surface area contributed by atoms with E-state index in [4.69, 9.17) is 23.7 Å². The normalized spacial score (nSPS) is 10.3. The summed E-state index contributed by atoms with van der Waals surface area (Å²) in [6, 6.07) is 17.0. The molecule has 0 aromatic heterocycles. The average molecular weight is 478 g/mol. The predicted molar refractivity (Wildman–Crippen MR) is 128 cm³/mol. The fourth-order valence-corrected chi connectivity index (χ4v) is 3.16. The van der Waals surface area contributed by atoms with Crippen LogP contribution in [0.2, 0.25) is 0 Å². The number of methoxy groups -OCH3 is 1. The molecular formula is C27H26O8. The van der Waals surface area contributed by atoms with Crippen LogP contribution >= 0.6 is 0 Å². The number of carbonyl (C=O) groups is 3. The summed E-state index contributed by atoms with van der Waals surface area (Å²) in [5, 5.41) is 0. The van der Waals surface area contributed by atoms with Crippen LogP contribution in [-0.4, -0.2) is 52.4 Å². The number of hydrogen-bond acceptors (Lipinski definition) is 8. The van der Waals surface area contributed by atoms with Gasteiger partial charge in [-0.2, -0.15) is 0 Å². The van der Waals surface area contributed by atoms with E-state index in [-0.39, 0.29) is 19.8 Å². The summed E-state index contributed by atoms with van der Waals surface area (Å²) in [6.45, 7) is 1.44. The molecule has 0 saturated carbocycles. The second kappa shape index (κ2) is 13.5. The number of rotatable bonds is 15. The van der Waals surface area contributed by atoms with E-state index in [0.717, 1.165) is 11.8 Å². The highest BCUT2D eigenvalue weighted by Crippen LogP contribution is 2.21. The van der Waals surface area contributed by atoms with Crippen molar-refractivity contribution in [3.05, 3.63) is 82.9 Å². The van der Waals surface area contributed by atoms with Crippen LogP contribution in [0, 0.1) is 0 Å². The summed E-state index contributed by atoms with van der Waals surface area (Å²) in [7, 11) is 1.60. The number of hydrogen-bond donors (Lipinski definition) is 0. The van der Waals surface area contributed by atoms with Gasteiger partial charge in [0.2, 0.25) is 0 Å². The maximum atomic E-state index is 11.2. The van der Waals surface area contributed by atoms with Crippen LogP contribution in [0.25, 0.3) is 0 Å². The Bertz CT molecular complexity index is 1120. The Labute approximate surface area is 203 Å². The summed E-state index contributed by atoms with van der Waals surface area (Å²) >= 11 is 0. The second-order valence-electron chi connectivity index (χ2n) is 7.32. The van der Waals surface area contributed by atoms with Crippen molar-refractivity contribution in [2.75, 3.05) is 33.5 Å². The fourth-order valence-electron chi connectivity index (χ4n) is 3.16. The van der Waals surface area contributed by atoms with E-state index in [1.54, 1.807) is 49.6 Å². The van der Waals surface area contributed by atoms with Gasteiger partial charge >= 0.3 is 0 Å². The van der Waals surface area contributed by atoms with Crippen molar-refractivity contribution >= 4 is 18.9 Å². The Morgan fingerprint density at radius 1 is 0.600 bits per heavy atom. The molecular weight excluding hydrogens is 452 g/mol. The fraction of sp³-hybridized carbons (Fsp3) is 0.222. The van der Waals surface area contributed by atoms with Crippen LogP contribution in [0.3, 0.4) is 0 Å². The van der Waals surface area contributed by atoms with Crippen molar-refractivity contribution in [3.8, 4) is 23.0 Å². The van der Waals surface area contributed by atoms with Crippen molar-refractivity contribution in [2.24, 2.45) is 0 Å². The number of carbonyl (C=O) groups excluding carboxylic acids is 3. The summed E-state index contributed by atoms with van der Waals surface area (Å²) in [6.07, 6.45) is 2.12. The third kappa shape index (κ3) is 7.68. The van der Waals surface area contributed by atoms with E-state index in [1.165, 1.54) is 12.1 Å². The van der Waals surface area contributed by atoms with Crippen LogP contribution in [0.15, 0.2) is 60.7 Å². The highest BCUT2D eigenvalue weighted by Gasteiger charge is 2.07. The van der Waals surface area contributed by atoms with Crippen molar-refractivity contribution in [1.82, 2.24) is 0 Å². The largest absolute Gasteiger partial charge is 0.490 e. The van der Waals surface area contributed by atoms with Crippen LogP contribution in [0.5, 0.6) is 23.0 Å². The molecule has 0 N–H and O–H groups in total. The van der Waals surface area contributed by atoms with Crippen molar-refractivity contribution in [3.63, 3.8) is 0 Å². The van der Waals surface area contributed by atoms with Gasteiger partial charge in [0.1, 0.15) is 55.7 Å². The highest BCUT2D eigenvalue weighted by molar-refractivity contribution is 5.83. The van der Waals surface area contributed by atoms with E-state index in [1.807, 2.05) is 6.07 Å². The van der Waals surface area contributed by atoms with E-state index in [9.17, 15) is 14.4 Å². The van der Waals surface area contributed by atoms with E-state index < -0.39 is 0 Å². The summed E-state index contributed by atoms with van der Waals surface area (Å²) in [4.78, 5) is 33.2. The van der Waals surface area contributed by atoms with Crippen molar-refractivity contribution < 1.29 is 38.1 Å². The first-order valence-corrected chi connectivity index (χ1v) is 10.9. The Morgan fingerprint density at radius 3 is 1.63 bits per heavy atom. The summed E-state index contributed by atoms with van der Waals surface area (Å²) in [5.74, 6) is 2.09. The molecule has 0 heterocycles. The van der Waals surface area contributed by atoms with Crippen molar-refractivity contribution in [1.29, 1.82) is 0 Å². The molecule has 3 aromatic rings.